The number of carbonyl (C=O) groups is 1. The van der Waals surface area contributed by atoms with Gasteiger partial charge in [-0.1, -0.05) is 19.1 Å². The van der Waals surface area contributed by atoms with Crippen molar-refractivity contribution in [2.45, 2.75) is 19.9 Å². The summed E-state index contributed by atoms with van der Waals surface area (Å²) >= 11 is 0. The van der Waals surface area contributed by atoms with E-state index in [9.17, 15) is 9.59 Å². The Kier molecular flexibility index (Phi) is 8.25. The molecule has 2 aromatic carbocycles. The minimum atomic E-state index is -0.284. The molecule has 32 heavy (non-hydrogen) atoms. The highest BCUT2D eigenvalue weighted by atomic mass is 16.5. The molecule has 0 saturated heterocycles. The number of rotatable bonds is 11. The van der Waals surface area contributed by atoms with Crippen LogP contribution < -0.4 is 25.1 Å². The number of amides is 1. The van der Waals surface area contributed by atoms with Gasteiger partial charge in [-0.25, -0.2) is 4.68 Å². The van der Waals surface area contributed by atoms with Crippen LogP contribution in [0.5, 0.6) is 17.2 Å². The second kappa shape index (κ2) is 11.5. The van der Waals surface area contributed by atoms with Crippen LogP contribution in [0, 0.1) is 0 Å². The Morgan fingerprint density at radius 2 is 1.75 bits per heavy atom. The van der Waals surface area contributed by atoms with Gasteiger partial charge in [-0.3, -0.25) is 9.59 Å². The van der Waals surface area contributed by atoms with Gasteiger partial charge in [-0.2, -0.15) is 5.10 Å². The van der Waals surface area contributed by atoms with E-state index in [2.05, 4.69) is 10.4 Å². The second-order valence-electron chi connectivity index (χ2n) is 6.97. The summed E-state index contributed by atoms with van der Waals surface area (Å²) in [6.45, 7) is 3.07. The van der Waals surface area contributed by atoms with E-state index in [1.807, 2.05) is 31.2 Å². The largest absolute Gasteiger partial charge is 0.497 e. The molecule has 8 nitrogen and oxygen atoms in total. The molecule has 8 heteroatoms. The molecule has 0 spiro atoms. The first-order valence-electron chi connectivity index (χ1n) is 10.4. The van der Waals surface area contributed by atoms with E-state index in [-0.39, 0.29) is 31.2 Å². The van der Waals surface area contributed by atoms with Crippen LogP contribution >= 0.6 is 0 Å². The minimum absolute atomic E-state index is 0.124. The van der Waals surface area contributed by atoms with Gasteiger partial charge in [0.05, 0.1) is 26.0 Å². The summed E-state index contributed by atoms with van der Waals surface area (Å²) in [4.78, 5) is 24.2. The summed E-state index contributed by atoms with van der Waals surface area (Å²) in [5, 5.41) is 7.13. The molecule has 0 aliphatic rings. The summed E-state index contributed by atoms with van der Waals surface area (Å²) in [5.41, 5.74) is 1.23. The first-order chi connectivity index (χ1) is 15.6. The Hall–Kier alpha value is -3.81. The van der Waals surface area contributed by atoms with Crippen molar-refractivity contribution < 1.29 is 19.0 Å². The van der Waals surface area contributed by atoms with Crippen molar-refractivity contribution in [2.75, 3.05) is 26.9 Å². The fourth-order valence-corrected chi connectivity index (χ4v) is 2.90. The lowest BCUT2D eigenvalue weighted by molar-refractivity contribution is -0.123. The molecule has 0 radical (unpaired) electrons. The Labute approximate surface area is 186 Å². The van der Waals surface area contributed by atoms with E-state index in [1.165, 1.54) is 10.7 Å². The normalized spacial score (nSPS) is 10.4. The Balaban J connectivity index is 1.49. The van der Waals surface area contributed by atoms with Crippen LogP contribution in [-0.2, 0) is 11.3 Å². The second-order valence-corrected chi connectivity index (χ2v) is 6.97. The first-order valence-corrected chi connectivity index (χ1v) is 10.4. The van der Waals surface area contributed by atoms with Gasteiger partial charge in [-0.15, -0.1) is 0 Å². The van der Waals surface area contributed by atoms with Crippen LogP contribution in [0.1, 0.15) is 13.3 Å². The summed E-state index contributed by atoms with van der Waals surface area (Å²) < 4.78 is 17.6. The summed E-state index contributed by atoms with van der Waals surface area (Å²) in [5.74, 6) is 1.76. The number of nitrogens with one attached hydrogen (secondary N) is 1. The lowest BCUT2D eigenvalue weighted by Gasteiger charge is -2.10. The van der Waals surface area contributed by atoms with Gasteiger partial charge in [0, 0.05) is 18.2 Å². The molecular formula is C24H27N3O5. The average molecular weight is 437 g/mol. The molecule has 3 aromatic rings. The zero-order valence-corrected chi connectivity index (χ0v) is 18.2. The van der Waals surface area contributed by atoms with Crippen LogP contribution in [0.2, 0.25) is 0 Å². The fourth-order valence-electron chi connectivity index (χ4n) is 2.90. The maximum absolute atomic E-state index is 12.1. The molecule has 3 rings (SSSR count). The average Bonchev–Trinajstić information content (AvgIpc) is 2.83. The van der Waals surface area contributed by atoms with Crippen LogP contribution in [-0.4, -0.2) is 42.6 Å². The Bertz CT molecular complexity index is 1080. The van der Waals surface area contributed by atoms with Crippen molar-refractivity contribution in [2.24, 2.45) is 0 Å². The molecule has 0 saturated carbocycles. The minimum Gasteiger partial charge on any atom is -0.497 e. The molecule has 1 amide bonds. The molecule has 1 heterocycles. The van der Waals surface area contributed by atoms with Crippen molar-refractivity contribution in [3.63, 3.8) is 0 Å². The maximum atomic E-state index is 12.1. The lowest BCUT2D eigenvalue weighted by Crippen LogP contribution is -2.34. The summed E-state index contributed by atoms with van der Waals surface area (Å²) in [7, 11) is 1.59. The maximum Gasteiger partial charge on any atom is 0.266 e. The lowest BCUT2D eigenvalue weighted by atomic mass is 10.1. The van der Waals surface area contributed by atoms with Crippen molar-refractivity contribution >= 4 is 5.91 Å². The van der Waals surface area contributed by atoms with Gasteiger partial charge < -0.3 is 19.5 Å². The topological polar surface area (TPSA) is 91.7 Å². The highest BCUT2D eigenvalue weighted by molar-refractivity contribution is 5.77. The molecule has 1 aromatic heterocycles. The van der Waals surface area contributed by atoms with Crippen LogP contribution in [0.15, 0.2) is 65.5 Å². The third kappa shape index (κ3) is 6.60. The van der Waals surface area contributed by atoms with Gasteiger partial charge in [0.15, 0.2) is 6.61 Å². The fraction of sp³-hybridized carbons (Fsp3) is 0.292. The third-order valence-electron chi connectivity index (χ3n) is 4.54. The van der Waals surface area contributed by atoms with Gasteiger partial charge in [0.2, 0.25) is 0 Å². The van der Waals surface area contributed by atoms with E-state index in [4.69, 9.17) is 14.2 Å². The van der Waals surface area contributed by atoms with E-state index in [0.29, 0.717) is 23.8 Å². The first kappa shape index (κ1) is 22.9. The monoisotopic (exact) mass is 437 g/mol. The van der Waals surface area contributed by atoms with Crippen molar-refractivity contribution in [3.8, 4) is 28.5 Å². The SMILES string of the molecule is CCCOc1ccc(OCC(=O)NCCn2nc(-c3cccc(OC)c3)ccc2=O)cc1. The number of hydrogen-bond donors (Lipinski definition) is 1. The molecule has 0 atom stereocenters. The standard InChI is InChI=1S/C24H27N3O5/c1-3-15-31-19-7-9-20(10-8-19)32-17-23(28)25-13-14-27-24(29)12-11-22(26-27)18-5-4-6-21(16-18)30-2/h4-12,16H,3,13-15,17H2,1-2H3,(H,25,28). The molecular weight excluding hydrogens is 410 g/mol. The number of aromatic nitrogens is 2. The van der Waals surface area contributed by atoms with Crippen LogP contribution in [0.3, 0.4) is 0 Å². The van der Waals surface area contributed by atoms with Crippen LogP contribution in [0.4, 0.5) is 0 Å². The number of benzene rings is 2. The van der Waals surface area contributed by atoms with Crippen LogP contribution in [0.25, 0.3) is 11.3 Å². The summed E-state index contributed by atoms with van der Waals surface area (Å²) in [6, 6.07) is 17.7. The quantitative estimate of drug-likeness (QED) is 0.496. The molecule has 0 aliphatic heterocycles. The zero-order chi connectivity index (χ0) is 22.8. The molecule has 0 fully saturated rings. The van der Waals surface area contributed by atoms with E-state index in [1.54, 1.807) is 37.4 Å². The molecule has 168 valence electrons. The molecule has 0 bridgehead atoms. The molecule has 1 N–H and O–H groups in total. The van der Waals surface area contributed by atoms with Crippen molar-refractivity contribution in [1.29, 1.82) is 0 Å². The zero-order valence-electron chi connectivity index (χ0n) is 18.2. The third-order valence-corrected chi connectivity index (χ3v) is 4.54. The number of nitrogens with zero attached hydrogens (tertiary/aromatic N) is 2. The van der Waals surface area contributed by atoms with E-state index >= 15 is 0 Å². The summed E-state index contributed by atoms with van der Waals surface area (Å²) in [6.07, 6.45) is 0.936. The Morgan fingerprint density at radius 1 is 1.00 bits per heavy atom. The number of methoxy groups -OCH3 is 1. The smallest absolute Gasteiger partial charge is 0.266 e. The molecule has 0 unspecified atom stereocenters. The molecule has 0 aliphatic carbocycles. The van der Waals surface area contributed by atoms with Gasteiger partial charge >= 0.3 is 0 Å². The van der Waals surface area contributed by atoms with E-state index in [0.717, 1.165) is 17.7 Å². The predicted octanol–water partition coefficient (Wildman–Crippen LogP) is 2.90. The number of hydrogen-bond acceptors (Lipinski definition) is 6. The van der Waals surface area contributed by atoms with Crippen molar-refractivity contribution in [1.82, 2.24) is 15.1 Å². The van der Waals surface area contributed by atoms with Gasteiger partial charge in [0.25, 0.3) is 11.5 Å². The van der Waals surface area contributed by atoms with Gasteiger partial charge in [-0.05, 0) is 48.9 Å². The van der Waals surface area contributed by atoms with Gasteiger partial charge in [0.1, 0.15) is 17.2 Å². The highest BCUT2D eigenvalue weighted by Gasteiger charge is 2.07. The number of carbonyl (C=O) groups excluding carboxylic acids is 1. The van der Waals surface area contributed by atoms with Crippen molar-refractivity contribution in [3.05, 3.63) is 71.0 Å². The number of ether oxygens (including phenoxy) is 3. The Morgan fingerprint density at radius 3 is 2.47 bits per heavy atom. The predicted molar refractivity (Wildman–Crippen MR) is 121 cm³/mol. The highest BCUT2D eigenvalue weighted by Crippen LogP contribution is 2.21. The van der Waals surface area contributed by atoms with E-state index < -0.39 is 0 Å².